The molecule has 0 amide bonds. The Hall–Kier alpha value is -1.60. The summed E-state index contributed by atoms with van der Waals surface area (Å²) in [6.07, 6.45) is 1.03. The zero-order valence-electron chi connectivity index (χ0n) is 13.2. The van der Waals surface area contributed by atoms with Crippen molar-refractivity contribution in [2.45, 2.75) is 40.2 Å². The summed E-state index contributed by atoms with van der Waals surface area (Å²) in [7, 11) is 2.05. The summed E-state index contributed by atoms with van der Waals surface area (Å²) >= 11 is 0. The molecule has 1 nitrogen and oxygen atoms in total. The number of rotatable bonds is 4. The molecule has 0 aliphatic heterocycles. The third-order valence-corrected chi connectivity index (χ3v) is 4.17. The molecule has 0 saturated heterocycles. The molecule has 20 heavy (non-hydrogen) atoms. The van der Waals surface area contributed by atoms with E-state index in [0.717, 1.165) is 6.42 Å². The summed E-state index contributed by atoms with van der Waals surface area (Å²) in [5, 5.41) is 3.47. The molecule has 1 heteroatoms. The normalized spacial score (nSPS) is 12.4. The minimum Gasteiger partial charge on any atom is -0.313 e. The number of nitrogens with one attached hydrogen (secondary N) is 1. The molecule has 0 radical (unpaired) electrons. The van der Waals surface area contributed by atoms with Gasteiger partial charge in [-0.1, -0.05) is 42.0 Å². The van der Waals surface area contributed by atoms with Crippen LogP contribution in [0.3, 0.4) is 0 Å². The van der Waals surface area contributed by atoms with Gasteiger partial charge in [0.15, 0.2) is 0 Å². The van der Waals surface area contributed by atoms with Gasteiger partial charge in [-0.3, -0.25) is 0 Å². The van der Waals surface area contributed by atoms with E-state index in [1.54, 1.807) is 0 Å². The van der Waals surface area contributed by atoms with Crippen LogP contribution in [0.25, 0.3) is 0 Å². The van der Waals surface area contributed by atoms with Crippen LogP contribution < -0.4 is 5.32 Å². The first-order valence-corrected chi connectivity index (χ1v) is 7.32. The highest BCUT2D eigenvalue weighted by Gasteiger charge is 2.13. The third kappa shape index (κ3) is 3.29. The maximum absolute atomic E-state index is 3.47. The molecule has 0 spiro atoms. The third-order valence-electron chi connectivity index (χ3n) is 4.17. The van der Waals surface area contributed by atoms with E-state index in [1.165, 1.54) is 33.4 Å². The topological polar surface area (TPSA) is 12.0 Å². The van der Waals surface area contributed by atoms with Crippen LogP contribution in [-0.4, -0.2) is 7.05 Å². The summed E-state index contributed by atoms with van der Waals surface area (Å²) in [4.78, 5) is 0. The van der Waals surface area contributed by atoms with E-state index in [9.17, 15) is 0 Å². The van der Waals surface area contributed by atoms with E-state index in [-0.39, 0.29) is 0 Å². The van der Waals surface area contributed by atoms with Gasteiger partial charge in [-0.25, -0.2) is 0 Å². The van der Waals surface area contributed by atoms with E-state index in [0.29, 0.717) is 6.04 Å². The van der Waals surface area contributed by atoms with Crippen LogP contribution in [0.1, 0.15) is 39.4 Å². The molecule has 1 atom stereocenters. The Bertz CT molecular complexity index is 581. The van der Waals surface area contributed by atoms with Crippen molar-refractivity contribution < 1.29 is 0 Å². The highest BCUT2D eigenvalue weighted by Crippen LogP contribution is 2.24. The molecular weight excluding hydrogens is 242 g/mol. The second-order valence-corrected chi connectivity index (χ2v) is 5.82. The lowest BCUT2D eigenvalue weighted by Gasteiger charge is -2.20. The van der Waals surface area contributed by atoms with Crippen LogP contribution in [0.2, 0.25) is 0 Å². The predicted molar refractivity (Wildman–Crippen MR) is 87.3 cm³/mol. The summed E-state index contributed by atoms with van der Waals surface area (Å²) < 4.78 is 0. The van der Waals surface area contributed by atoms with Crippen molar-refractivity contribution in [3.05, 3.63) is 69.8 Å². The second-order valence-electron chi connectivity index (χ2n) is 5.82. The Morgan fingerprint density at radius 3 is 2.05 bits per heavy atom. The first kappa shape index (κ1) is 14.8. The molecule has 0 bridgehead atoms. The highest BCUT2D eigenvalue weighted by molar-refractivity contribution is 5.39. The molecule has 0 aliphatic rings. The zero-order valence-corrected chi connectivity index (χ0v) is 13.2. The fourth-order valence-electron chi connectivity index (χ4n) is 2.69. The number of likely N-dealkylation sites (N-methyl/N-ethyl adjacent to an activating group) is 1. The number of benzene rings is 2. The van der Waals surface area contributed by atoms with Crippen molar-refractivity contribution in [2.75, 3.05) is 7.05 Å². The van der Waals surface area contributed by atoms with Gasteiger partial charge in [-0.05, 0) is 69.0 Å². The fraction of sp³-hybridized carbons (Fsp3) is 0.368. The van der Waals surface area contributed by atoms with Crippen molar-refractivity contribution in [3.8, 4) is 0 Å². The van der Waals surface area contributed by atoms with E-state index in [4.69, 9.17) is 0 Å². The summed E-state index contributed by atoms with van der Waals surface area (Å²) in [6, 6.07) is 13.8. The van der Waals surface area contributed by atoms with Gasteiger partial charge in [0.25, 0.3) is 0 Å². The van der Waals surface area contributed by atoms with Gasteiger partial charge in [-0.15, -0.1) is 0 Å². The van der Waals surface area contributed by atoms with E-state index >= 15 is 0 Å². The summed E-state index contributed by atoms with van der Waals surface area (Å²) in [5.74, 6) is 0. The van der Waals surface area contributed by atoms with Crippen molar-refractivity contribution in [1.82, 2.24) is 5.32 Å². The van der Waals surface area contributed by atoms with Crippen LogP contribution >= 0.6 is 0 Å². The average Bonchev–Trinajstić information content (AvgIpc) is 2.43. The van der Waals surface area contributed by atoms with Crippen LogP contribution in [0, 0.1) is 27.7 Å². The highest BCUT2D eigenvalue weighted by atomic mass is 14.9. The van der Waals surface area contributed by atoms with Crippen LogP contribution in [-0.2, 0) is 6.42 Å². The molecular formula is C19H25N. The molecule has 0 saturated carbocycles. The van der Waals surface area contributed by atoms with Crippen molar-refractivity contribution in [3.63, 3.8) is 0 Å². The van der Waals surface area contributed by atoms with E-state index < -0.39 is 0 Å². The first-order chi connectivity index (χ1) is 9.51. The van der Waals surface area contributed by atoms with Gasteiger partial charge in [-0.2, -0.15) is 0 Å². The fourth-order valence-corrected chi connectivity index (χ4v) is 2.69. The van der Waals surface area contributed by atoms with Gasteiger partial charge in [0.05, 0.1) is 0 Å². The monoisotopic (exact) mass is 267 g/mol. The van der Waals surface area contributed by atoms with E-state index in [2.05, 4.69) is 69.4 Å². The standard InChI is InChI=1S/C19H25N/c1-13-6-8-17(9-7-13)12-19(20-5)18-11-15(3)14(2)10-16(18)4/h6-11,19-20H,12H2,1-5H3. The van der Waals surface area contributed by atoms with Crippen molar-refractivity contribution in [2.24, 2.45) is 0 Å². The molecule has 0 heterocycles. The van der Waals surface area contributed by atoms with Gasteiger partial charge in [0.2, 0.25) is 0 Å². The molecule has 1 unspecified atom stereocenters. The Labute approximate surface area is 123 Å². The average molecular weight is 267 g/mol. The lowest BCUT2D eigenvalue weighted by atomic mass is 9.92. The Balaban J connectivity index is 2.28. The smallest absolute Gasteiger partial charge is 0.0361 e. The molecule has 1 N–H and O–H groups in total. The van der Waals surface area contributed by atoms with Gasteiger partial charge < -0.3 is 5.32 Å². The second kappa shape index (κ2) is 6.23. The van der Waals surface area contributed by atoms with Crippen LogP contribution in [0.4, 0.5) is 0 Å². The summed E-state index contributed by atoms with van der Waals surface area (Å²) in [5.41, 5.74) is 8.23. The Morgan fingerprint density at radius 1 is 0.850 bits per heavy atom. The molecule has 2 aromatic carbocycles. The molecule has 106 valence electrons. The van der Waals surface area contributed by atoms with E-state index in [1.807, 2.05) is 7.05 Å². The lowest BCUT2D eigenvalue weighted by molar-refractivity contribution is 0.588. The van der Waals surface area contributed by atoms with Crippen LogP contribution in [0.5, 0.6) is 0 Å². The number of aryl methyl sites for hydroxylation is 4. The minimum absolute atomic E-state index is 0.372. The molecule has 0 aromatic heterocycles. The maximum Gasteiger partial charge on any atom is 0.0361 e. The van der Waals surface area contributed by atoms with Gasteiger partial charge in [0.1, 0.15) is 0 Å². The predicted octanol–water partition coefficient (Wildman–Crippen LogP) is 4.42. The van der Waals surface area contributed by atoms with Crippen LogP contribution in [0.15, 0.2) is 36.4 Å². The zero-order chi connectivity index (χ0) is 14.7. The molecule has 0 aliphatic carbocycles. The SMILES string of the molecule is CNC(Cc1ccc(C)cc1)c1cc(C)c(C)cc1C. The first-order valence-electron chi connectivity index (χ1n) is 7.32. The van der Waals surface area contributed by atoms with Crippen molar-refractivity contribution in [1.29, 1.82) is 0 Å². The lowest BCUT2D eigenvalue weighted by Crippen LogP contribution is -2.20. The maximum atomic E-state index is 3.47. The molecule has 0 fully saturated rings. The Morgan fingerprint density at radius 2 is 1.45 bits per heavy atom. The molecule has 2 rings (SSSR count). The quantitative estimate of drug-likeness (QED) is 0.864. The van der Waals surface area contributed by atoms with Gasteiger partial charge in [0, 0.05) is 6.04 Å². The molecule has 2 aromatic rings. The number of hydrogen-bond donors (Lipinski definition) is 1. The Kier molecular flexibility index (Phi) is 4.61. The van der Waals surface area contributed by atoms with Gasteiger partial charge >= 0.3 is 0 Å². The van der Waals surface area contributed by atoms with Crippen molar-refractivity contribution >= 4 is 0 Å². The minimum atomic E-state index is 0.372. The largest absolute Gasteiger partial charge is 0.313 e. The number of hydrogen-bond acceptors (Lipinski definition) is 1. The summed E-state index contributed by atoms with van der Waals surface area (Å²) in [6.45, 7) is 8.71.